The summed E-state index contributed by atoms with van der Waals surface area (Å²) in [6, 6.07) is 13.5. The lowest BCUT2D eigenvalue weighted by Crippen LogP contribution is -2.34. The van der Waals surface area contributed by atoms with Gasteiger partial charge in [0.25, 0.3) is 6.01 Å². The van der Waals surface area contributed by atoms with Crippen molar-refractivity contribution < 1.29 is 23.5 Å². The van der Waals surface area contributed by atoms with Crippen molar-refractivity contribution in [3.63, 3.8) is 0 Å². The molecule has 6 rings (SSSR count). The van der Waals surface area contributed by atoms with Crippen LogP contribution in [0.15, 0.2) is 48.7 Å². The van der Waals surface area contributed by atoms with Gasteiger partial charge in [-0.1, -0.05) is 35.9 Å². The molecule has 2 fully saturated rings. The third-order valence-electron chi connectivity index (χ3n) is 6.22. The van der Waals surface area contributed by atoms with Crippen molar-refractivity contribution in [1.29, 1.82) is 0 Å². The van der Waals surface area contributed by atoms with E-state index < -0.39 is 15.8 Å². The predicted molar refractivity (Wildman–Crippen MR) is 142 cm³/mol. The number of aliphatic hydroxyl groups is 1. The molecular weight excluding hydrogens is 518 g/mol. The van der Waals surface area contributed by atoms with Crippen LogP contribution in [-0.4, -0.2) is 79.0 Å². The van der Waals surface area contributed by atoms with E-state index in [4.69, 9.17) is 25.8 Å². The zero-order valence-electron chi connectivity index (χ0n) is 19.8. The minimum absolute atomic E-state index is 0.227. The number of hydrogen-bond donors (Lipinski definition) is 3. The average molecular weight is 542 g/mol. The molecule has 10 nitrogen and oxygen atoms in total. The first-order chi connectivity index (χ1) is 17.7. The van der Waals surface area contributed by atoms with Crippen LogP contribution in [-0.2, 0) is 19.2 Å². The van der Waals surface area contributed by atoms with E-state index in [1.807, 2.05) is 36.4 Å². The first-order valence-electron chi connectivity index (χ1n) is 11.5. The minimum Gasteiger partial charge on any atom is -0.456 e. The SMILES string of the molecule is C=S(C)(=O)Nc1cc(-c2ccc(-c3nc4nc(OC5COC6C(O)COC56)[nH]c4cc3Cl)cc2)ccn1. The number of hydrogen-bond acceptors (Lipinski definition) is 8. The smallest absolute Gasteiger partial charge is 0.296 e. The Morgan fingerprint density at radius 1 is 1.11 bits per heavy atom. The number of anilines is 1. The normalized spacial score (nSPS) is 24.6. The summed E-state index contributed by atoms with van der Waals surface area (Å²) in [6.07, 6.45) is 1.41. The Labute approximate surface area is 218 Å². The summed E-state index contributed by atoms with van der Waals surface area (Å²) in [5.41, 5.74) is 4.37. The molecule has 4 aromatic rings. The topological polar surface area (TPSA) is 131 Å². The summed E-state index contributed by atoms with van der Waals surface area (Å²) in [5.74, 6) is 4.10. The highest BCUT2D eigenvalue weighted by Gasteiger charge is 2.48. The van der Waals surface area contributed by atoms with E-state index >= 15 is 0 Å². The quantitative estimate of drug-likeness (QED) is 0.318. The Hall–Kier alpha value is -3.22. The molecule has 0 saturated carbocycles. The van der Waals surface area contributed by atoms with E-state index in [0.717, 1.165) is 16.7 Å². The number of aromatic nitrogens is 4. The Morgan fingerprint density at radius 2 is 1.86 bits per heavy atom. The third kappa shape index (κ3) is 4.88. The van der Waals surface area contributed by atoms with Gasteiger partial charge in [0, 0.05) is 27.7 Å². The monoisotopic (exact) mass is 541 g/mol. The predicted octanol–water partition coefficient (Wildman–Crippen LogP) is 2.92. The second-order valence-corrected chi connectivity index (χ2v) is 11.8. The van der Waals surface area contributed by atoms with Crippen molar-refractivity contribution >= 4 is 44.2 Å². The zero-order valence-corrected chi connectivity index (χ0v) is 21.3. The van der Waals surface area contributed by atoms with Crippen molar-refractivity contribution in [2.45, 2.75) is 24.4 Å². The van der Waals surface area contributed by atoms with E-state index in [2.05, 4.69) is 30.5 Å². The van der Waals surface area contributed by atoms with Gasteiger partial charge >= 0.3 is 0 Å². The van der Waals surface area contributed by atoms with E-state index in [1.165, 1.54) is 6.26 Å². The highest BCUT2D eigenvalue weighted by molar-refractivity contribution is 8.00. The highest BCUT2D eigenvalue weighted by Crippen LogP contribution is 2.33. The van der Waals surface area contributed by atoms with Crippen LogP contribution in [0, 0.1) is 0 Å². The zero-order chi connectivity index (χ0) is 25.7. The molecule has 37 heavy (non-hydrogen) atoms. The molecule has 0 amide bonds. The van der Waals surface area contributed by atoms with Crippen LogP contribution in [0.3, 0.4) is 0 Å². The van der Waals surface area contributed by atoms with E-state index in [0.29, 0.717) is 34.3 Å². The number of fused-ring (bicyclic) bond motifs is 2. The molecule has 0 bridgehead atoms. The number of H-pyrrole nitrogens is 1. The molecule has 3 N–H and O–H groups in total. The van der Waals surface area contributed by atoms with Gasteiger partial charge in [0.05, 0.1) is 29.4 Å². The summed E-state index contributed by atoms with van der Waals surface area (Å²) < 4.78 is 32.0. The van der Waals surface area contributed by atoms with Crippen molar-refractivity contribution in [2.75, 3.05) is 24.2 Å². The molecule has 2 aliphatic rings. The molecule has 12 heteroatoms. The average Bonchev–Trinajstić information content (AvgIpc) is 3.54. The fourth-order valence-corrected chi connectivity index (χ4v) is 5.36. The number of benzene rings is 1. The molecule has 0 radical (unpaired) electrons. The van der Waals surface area contributed by atoms with Crippen molar-refractivity contribution in [2.24, 2.45) is 0 Å². The molecule has 2 aliphatic heterocycles. The Bertz CT molecular complexity index is 1580. The first kappa shape index (κ1) is 24.1. The van der Waals surface area contributed by atoms with Crippen LogP contribution in [0.25, 0.3) is 33.5 Å². The number of halogens is 1. The van der Waals surface area contributed by atoms with Gasteiger partial charge in [-0.2, -0.15) is 4.98 Å². The van der Waals surface area contributed by atoms with Crippen LogP contribution in [0.4, 0.5) is 5.82 Å². The number of pyridine rings is 2. The van der Waals surface area contributed by atoms with Crippen LogP contribution in [0.1, 0.15) is 0 Å². The molecule has 3 aromatic heterocycles. The number of nitrogens with one attached hydrogen (secondary N) is 2. The van der Waals surface area contributed by atoms with Crippen LogP contribution < -0.4 is 9.46 Å². The lowest BCUT2D eigenvalue weighted by molar-refractivity contribution is 0.00706. The third-order valence-corrected chi connectivity index (χ3v) is 7.15. The number of rotatable bonds is 6. The van der Waals surface area contributed by atoms with E-state index in [9.17, 15) is 9.32 Å². The van der Waals surface area contributed by atoms with Gasteiger partial charge in [-0.05, 0) is 35.2 Å². The Balaban J connectivity index is 1.23. The second-order valence-electron chi connectivity index (χ2n) is 9.17. The molecule has 0 spiro atoms. The number of aromatic amines is 1. The first-order valence-corrected chi connectivity index (χ1v) is 14.1. The van der Waals surface area contributed by atoms with Crippen LogP contribution in [0.2, 0.25) is 5.02 Å². The second kappa shape index (κ2) is 9.26. The Morgan fingerprint density at radius 3 is 2.65 bits per heavy atom. The molecular formula is C25H24ClN5O5S. The molecule has 5 heterocycles. The molecule has 5 atom stereocenters. The van der Waals surface area contributed by atoms with Gasteiger partial charge < -0.3 is 24.3 Å². The van der Waals surface area contributed by atoms with Gasteiger partial charge in [0.1, 0.15) is 24.1 Å². The van der Waals surface area contributed by atoms with Crippen LogP contribution in [0.5, 0.6) is 6.01 Å². The van der Waals surface area contributed by atoms with Gasteiger partial charge in [0.15, 0.2) is 11.8 Å². The molecule has 0 aliphatic carbocycles. The molecule has 5 unspecified atom stereocenters. The number of ether oxygens (including phenoxy) is 3. The van der Waals surface area contributed by atoms with Gasteiger partial charge in [-0.25, -0.2) is 14.2 Å². The van der Waals surface area contributed by atoms with Crippen molar-refractivity contribution in [3.05, 3.63) is 53.7 Å². The fourth-order valence-electron chi connectivity index (χ4n) is 4.55. The maximum absolute atomic E-state index is 12.0. The Kier molecular flexibility index (Phi) is 6.04. The number of nitrogens with zero attached hydrogens (tertiary/aromatic N) is 3. The van der Waals surface area contributed by atoms with Crippen LogP contribution >= 0.6 is 11.6 Å². The minimum atomic E-state index is -2.43. The summed E-state index contributed by atoms with van der Waals surface area (Å²) >= 11 is 6.58. The van der Waals surface area contributed by atoms with Crippen molar-refractivity contribution in [1.82, 2.24) is 19.9 Å². The van der Waals surface area contributed by atoms with Gasteiger partial charge in [-0.3, -0.25) is 4.72 Å². The maximum Gasteiger partial charge on any atom is 0.296 e. The summed E-state index contributed by atoms with van der Waals surface area (Å²) in [5, 5.41) is 10.4. The molecule has 192 valence electrons. The summed E-state index contributed by atoms with van der Waals surface area (Å²) in [6.45, 7) is 0.529. The summed E-state index contributed by atoms with van der Waals surface area (Å²) in [7, 11) is -2.43. The van der Waals surface area contributed by atoms with Gasteiger partial charge in [0.2, 0.25) is 0 Å². The van der Waals surface area contributed by atoms with E-state index in [1.54, 1.807) is 12.3 Å². The molecule has 2 saturated heterocycles. The largest absolute Gasteiger partial charge is 0.456 e. The summed E-state index contributed by atoms with van der Waals surface area (Å²) in [4.78, 5) is 16.4. The lowest BCUT2D eigenvalue weighted by atomic mass is 10.0. The van der Waals surface area contributed by atoms with Crippen molar-refractivity contribution in [3.8, 4) is 28.4 Å². The number of aliphatic hydroxyl groups excluding tert-OH is 1. The van der Waals surface area contributed by atoms with Gasteiger partial charge in [-0.15, -0.1) is 0 Å². The standard InChI is InChI=1S/C25H24ClN5O5S/c1-37(2,33)31-20-9-15(7-8-27-20)13-3-5-14(6-4-13)21-16(26)10-17-24(29-21)30-25(28-17)36-19-12-35-22-18(32)11-34-23(19)22/h3-10,18-19,22-23,32H,1,11-12H2,2H3,(H,27,31,33)(H,28,29,30). The molecule has 1 aromatic carbocycles. The fraction of sp³-hybridized carbons (Fsp3) is 0.280. The van der Waals surface area contributed by atoms with E-state index in [-0.39, 0.29) is 30.9 Å². The number of imidazole rings is 1. The maximum atomic E-state index is 12.0. The highest BCUT2D eigenvalue weighted by atomic mass is 35.5. The lowest BCUT2D eigenvalue weighted by Gasteiger charge is -2.15.